The minimum Gasteiger partial charge on any atom is -0.495 e. The van der Waals surface area contributed by atoms with Crippen LogP contribution in [0, 0.1) is 13.8 Å². The Bertz CT molecular complexity index is 1090. The summed E-state index contributed by atoms with van der Waals surface area (Å²) in [6.45, 7) is 2.89. The van der Waals surface area contributed by atoms with E-state index in [0.29, 0.717) is 17.0 Å². The van der Waals surface area contributed by atoms with Crippen molar-refractivity contribution in [1.82, 2.24) is 15.0 Å². The first-order valence-corrected chi connectivity index (χ1v) is 8.56. The van der Waals surface area contributed by atoms with E-state index in [4.69, 9.17) is 19.6 Å². The van der Waals surface area contributed by atoms with Gasteiger partial charge >= 0.3 is 11.6 Å². The van der Waals surface area contributed by atoms with Crippen molar-refractivity contribution in [3.05, 3.63) is 63.5 Å². The van der Waals surface area contributed by atoms with Crippen LogP contribution < -0.4 is 21.4 Å². The normalized spacial score (nSPS) is 10.4. The van der Waals surface area contributed by atoms with Gasteiger partial charge in [0.05, 0.1) is 12.8 Å². The predicted octanol–water partition coefficient (Wildman–Crippen LogP) is 2.13. The van der Waals surface area contributed by atoms with Crippen LogP contribution in [0.1, 0.15) is 27.5 Å². The molecule has 1 aromatic carbocycles. The van der Waals surface area contributed by atoms with Crippen molar-refractivity contribution in [1.29, 1.82) is 0 Å². The molecule has 0 fully saturated rings. The van der Waals surface area contributed by atoms with Crippen LogP contribution in [-0.2, 0) is 11.3 Å². The number of benzene rings is 1. The van der Waals surface area contributed by atoms with Crippen LogP contribution in [0.5, 0.6) is 5.75 Å². The first-order chi connectivity index (χ1) is 13.9. The summed E-state index contributed by atoms with van der Waals surface area (Å²) in [4.78, 5) is 36.0. The van der Waals surface area contributed by atoms with E-state index in [2.05, 4.69) is 20.3 Å². The van der Waals surface area contributed by atoms with Crippen molar-refractivity contribution in [2.45, 2.75) is 20.5 Å². The lowest BCUT2D eigenvalue weighted by Crippen LogP contribution is -2.14. The molecule has 3 aromatic rings. The number of aryl methyl sites for hydroxylation is 2. The van der Waals surface area contributed by atoms with Gasteiger partial charge in [-0.25, -0.2) is 9.59 Å². The average molecular weight is 397 g/mol. The molecular formula is C19H19N5O5. The zero-order valence-electron chi connectivity index (χ0n) is 16.1. The first-order valence-electron chi connectivity index (χ1n) is 8.56. The fourth-order valence-corrected chi connectivity index (χ4v) is 2.69. The van der Waals surface area contributed by atoms with E-state index in [1.165, 1.54) is 13.0 Å². The molecule has 2 aromatic heterocycles. The second-order valence-corrected chi connectivity index (χ2v) is 6.01. The number of hydrogen-bond donors (Lipinski definition) is 2. The molecule has 0 atom stereocenters. The Morgan fingerprint density at radius 1 is 1.21 bits per heavy atom. The number of aromatic nitrogens is 3. The standard InChI is InChI=1S/C19H19N5O5/c1-10-8-15(25)29-11(2)16(10)17(26)28-9-14-22-18(20)24-19(23-14)21-12-6-4-5-7-13(12)27-3/h4-8H,9H2,1-3H3,(H3,20,21,22,23,24). The summed E-state index contributed by atoms with van der Waals surface area (Å²) in [6, 6.07) is 8.43. The topological polar surface area (TPSA) is 142 Å². The van der Waals surface area contributed by atoms with Gasteiger partial charge in [-0.2, -0.15) is 15.0 Å². The van der Waals surface area contributed by atoms with Gasteiger partial charge in [0.25, 0.3) is 0 Å². The number of nitrogens with two attached hydrogens (primary N) is 1. The third-order valence-electron chi connectivity index (χ3n) is 3.92. The lowest BCUT2D eigenvalue weighted by Gasteiger charge is -2.11. The van der Waals surface area contributed by atoms with Crippen molar-refractivity contribution in [3.8, 4) is 5.75 Å². The lowest BCUT2D eigenvalue weighted by molar-refractivity contribution is 0.0456. The minimum absolute atomic E-state index is 0.0403. The molecule has 0 bridgehead atoms. The second-order valence-electron chi connectivity index (χ2n) is 6.01. The van der Waals surface area contributed by atoms with Gasteiger partial charge in [0.15, 0.2) is 12.4 Å². The highest BCUT2D eigenvalue weighted by Gasteiger charge is 2.18. The molecule has 10 heteroatoms. The highest BCUT2D eigenvalue weighted by Crippen LogP contribution is 2.25. The fraction of sp³-hybridized carbons (Fsp3) is 0.211. The first kappa shape index (κ1) is 19.8. The molecule has 0 aliphatic heterocycles. The number of carbonyl (C=O) groups is 1. The van der Waals surface area contributed by atoms with Crippen molar-refractivity contribution >= 4 is 23.6 Å². The smallest absolute Gasteiger partial charge is 0.342 e. The van der Waals surface area contributed by atoms with E-state index in [1.54, 1.807) is 26.2 Å². The van der Waals surface area contributed by atoms with Gasteiger partial charge in [0, 0.05) is 6.07 Å². The quantitative estimate of drug-likeness (QED) is 0.594. The van der Waals surface area contributed by atoms with Gasteiger partial charge < -0.3 is 24.9 Å². The number of ether oxygens (including phenoxy) is 2. The number of methoxy groups -OCH3 is 1. The van der Waals surface area contributed by atoms with Gasteiger partial charge in [-0.3, -0.25) is 0 Å². The number of para-hydroxylation sites is 2. The third kappa shape index (κ3) is 4.67. The number of nitrogen functional groups attached to an aromatic ring is 1. The van der Waals surface area contributed by atoms with Gasteiger partial charge in [-0.05, 0) is 31.5 Å². The van der Waals surface area contributed by atoms with E-state index >= 15 is 0 Å². The molecule has 29 heavy (non-hydrogen) atoms. The maximum atomic E-state index is 12.4. The van der Waals surface area contributed by atoms with Crippen molar-refractivity contribution in [2.24, 2.45) is 0 Å². The van der Waals surface area contributed by atoms with Crippen LogP contribution in [0.2, 0.25) is 0 Å². The average Bonchev–Trinajstić information content (AvgIpc) is 2.65. The monoisotopic (exact) mass is 397 g/mol. The summed E-state index contributed by atoms with van der Waals surface area (Å²) in [5.74, 6) is 0.384. The summed E-state index contributed by atoms with van der Waals surface area (Å²) < 4.78 is 15.5. The van der Waals surface area contributed by atoms with Crippen LogP contribution in [0.4, 0.5) is 17.6 Å². The van der Waals surface area contributed by atoms with Gasteiger partial charge in [-0.1, -0.05) is 12.1 Å². The number of anilines is 3. The maximum absolute atomic E-state index is 12.4. The number of rotatable bonds is 6. The Morgan fingerprint density at radius 2 is 1.97 bits per heavy atom. The van der Waals surface area contributed by atoms with E-state index in [9.17, 15) is 9.59 Å². The molecule has 150 valence electrons. The maximum Gasteiger partial charge on any atom is 0.342 e. The summed E-state index contributed by atoms with van der Waals surface area (Å²) in [5.41, 5.74) is 6.48. The highest BCUT2D eigenvalue weighted by atomic mass is 16.5. The Balaban J connectivity index is 1.77. The van der Waals surface area contributed by atoms with E-state index in [-0.39, 0.29) is 35.7 Å². The van der Waals surface area contributed by atoms with Crippen LogP contribution in [0.25, 0.3) is 0 Å². The molecular weight excluding hydrogens is 378 g/mol. The van der Waals surface area contributed by atoms with Crippen molar-refractivity contribution in [2.75, 3.05) is 18.2 Å². The van der Waals surface area contributed by atoms with Gasteiger partial charge in [-0.15, -0.1) is 0 Å². The van der Waals surface area contributed by atoms with Crippen LogP contribution in [0.3, 0.4) is 0 Å². The molecule has 0 unspecified atom stereocenters. The van der Waals surface area contributed by atoms with Gasteiger partial charge in [0.1, 0.15) is 17.1 Å². The molecule has 0 saturated heterocycles. The van der Waals surface area contributed by atoms with Crippen LogP contribution in [-0.4, -0.2) is 28.0 Å². The Kier molecular flexibility index (Phi) is 5.72. The number of nitrogens with zero attached hydrogens (tertiary/aromatic N) is 3. The molecule has 0 amide bonds. The Morgan fingerprint density at radius 3 is 2.69 bits per heavy atom. The summed E-state index contributed by atoms with van der Waals surface area (Å²) in [7, 11) is 1.54. The Labute approximate surface area is 165 Å². The van der Waals surface area contributed by atoms with Crippen molar-refractivity contribution < 1.29 is 18.7 Å². The molecule has 10 nitrogen and oxygen atoms in total. The zero-order chi connectivity index (χ0) is 21.0. The number of carbonyl (C=O) groups excluding carboxylic acids is 1. The van der Waals surface area contributed by atoms with E-state index < -0.39 is 11.6 Å². The van der Waals surface area contributed by atoms with Crippen LogP contribution >= 0.6 is 0 Å². The lowest BCUT2D eigenvalue weighted by atomic mass is 10.1. The molecule has 0 saturated carbocycles. The van der Waals surface area contributed by atoms with Crippen molar-refractivity contribution in [3.63, 3.8) is 0 Å². The zero-order valence-corrected chi connectivity index (χ0v) is 16.1. The second kappa shape index (κ2) is 8.38. The largest absolute Gasteiger partial charge is 0.495 e. The number of esters is 1. The molecule has 2 heterocycles. The third-order valence-corrected chi connectivity index (χ3v) is 3.92. The molecule has 0 aliphatic rings. The number of nitrogens with one attached hydrogen (secondary N) is 1. The van der Waals surface area contributed by atoms with E-state index in [1.807, 2.05) is 12.1 Å². The summed E-state index contributed by atoms with van der Waals surface area (Å²) in [5, 5.41) is 2.99. The summed E-state index contributed by atoms with van der Waals surface area (Å²) >= 11 is 0. The molecule has 0 radical (unpaired) electrons. The SMILES string of the molecule is COc1ccccc1Nc1nc(N)nc(COC(=O)c2c(C)cc(=O)oc2C)n1. The Hall–Kier alpha value is -3.95. The predicted molar refractivity (Wildman–Crippen MR) is 104 cm³/mol. The molecule has 3 rings (SSSR count). The number of hydrogen-bond acceptors (Lipinski definition) is 10. The fourth-order valence-electron chi connectivity index (χ4n) is 2.69. The molecule has 3 N–H and O–H groups in total. The molecule has 0 spiro atoms. The molecule has 0 aliphatic carbocycles. The highest BCUT2D eigenvalue weighted by molar-refractivity contribution is 5.91. The van der Waals surface area contributed by atoms with Crippen LogP contribution in [0.15, 0.2) is 39.5 Å². The minimum atomic E-state index is -0.665. The van der Waals surface area contributed by atoms with E-state index in [0.717, 1.165) is 0 Å². The summed E-state index contributed by atoms with van der Waals surface area (Å²) in [6.07, 6.45) is 0. The van der Waals surface area contributed by atoms with Gasteiger partial charge in [0.2, 0.25) is 11.9 Å².